The van der Waals surface area contributed by atoms with Gasteiger partial charge < -0.3 is 19.1 Å². The Labute approximate surface area is 144 Å². The Balaban J connectivity index is 0.00000264. The fourth-order valence-electron chi connectivity index (χ4n) is 2.87. The maximum Gasteiger partial charge on any atom is 0.170 e. The molecular formula is C17H26ClNO4. The highest BCUT2D eigenvalue weighted by Crippen LogP contribution is 2.35. The zero-order valence-corrected chi connectivity index (χ0v) is 14.9. The molecule has 1 aromatic rings. The van der Waals surface area contributed by atoms with E-state index in [0.717, 1.165) is 26.1 Å². The first-order valence-corrected chi connectivity index (χ1v) is 7.75. The summed E-state index contributed by atoms with van der Waals surface area (Å²) in [6.07, 6.45) is 3.90. The molecule has 23 heavy (non-hydrogen) atoms. The Bertz CT molecular complexity index is 490. The second kappa shape index (κ2) is 9.63. The van der Waals surface area contributed by atoms with E-state index in [2.05, 4.69) is 4.90 Å². The second-order valence-electron chi connectivity index (χ2n) is 5.48. The minimum absolute atomic E-state index is 0. The van der Waals surface area contributed by atoms with Gasteiger partial charge in [0.2, 0.25) is 0 Å². The Kier molecular flexibility index (Phi) is 8.20. The van der Waals surface area contributed by atoms with Crippen molar-refractivity contribution >= 4 is 18.2 Å². The molecule has 0 atom stereocenters. The lowest BCUT2D eigenvalue weighted by Gasteiger charge is -2.16. The van der Waals surface area contributed by atoms with Crippen molar-refractivity contribution in [3.63, 3.8) is 0 Å². The maximum absolute atomic E-state index is 12.6. The lowest BCUT2D eigenvalue weighted by Crippen LogP contribution is -2.21. The molecular weight excluding hydrogens is 318 g/mol. The quantitative estimate of drug-likeness (QED) is 0.678. The molecule has 1 aromatic carbocycles. The first-order valence-electron chi connectivity index (χ1n) is 7.75. The molecule has 6 heteroatoms. The third-order valence-electron chi connectivity index (χ3n) is 4.07. The summed E-state index contributed by atoms with van der Waals surface area (Å²) >= 11 is 0. The number of rotatable bonds is 8. The molecule has 5 nitrogen and oxygen atoms in total. The lowest BCUT2D eigenvalue weighted by atomic mass is 10.0. The average molecular weight is 344 g/mol. The van der Waals surface area contributed by atoms with E-state index in [0.29, 0.717) is 29.2 Å². The monoisotopic (exact) mass is 343 g/mol. The van der Waals surface area contributed by atoms with Gasteiger partial charge in [-0.25, -0.2) is 0 Å². The molecule has 0 bridgehead atoms. The van der Waals surface area contributed by atoms with Crippen molar-refractivity contribution in [2.24, 2.45) is 0 Å². The van der Waals surface area contributed by atoms with Gasteiger partial charge in [-0.1, -0.05) is 0 Å². The van der Waals surface area contributed by atoms with Crippen LogP contribution in [0.4, 0.5) is 0 Å². The summed E-state index contributed by atoms with van der Waals surface area (Å²) in [4.78, 5) is 15.0. The number of ketones is 1. The molecule has 0 saturated carbocycles. The summed E-state index contributed by atoms with van der Waals surface area (Å²) in [5.41, 5.74) is 0.507. The summed E-state index contributed by atoms with van der Waals surface area (Å²) in [5, 5.41) is 0. The number of benzene rings is 1. The van der Waals surface area contributed by atoms with Crippen molar-refractivity contribution in [2.75, 3.05) is 41.0 Å². The van der Waals surface area contributed by atoms with Gasteiger partial charge in [0.05, 0.1) is 21.3 Å². The molecule has 0 aliphatic carbocycles. The van der Waals surface area contributed by atoms with Gasteiger partial charge in [0, 0.05) is 18.6 Å². The highest BCUT2D eigenvalue weighted by molar-refractivity contribution is 6.01. The SMILES string of the molecule is COc1cc(OC)c(C(=O)CCCN2CCCC2)c(OC)c1.Cl. The van der Waals surface area contributed by atoms with Crippen LogP contribution in [0, 0.1) is 0 Å². The van der Waals surface area contributed by atoms with E-state index in [1.165, 1.54) is 12.8 Å². The van der Waals surface area contributed by atoms with E-state index in [1.54, 1.807) is 33.5 Å². The standard InChI is InChI=1S/C17H25NO4.ClH/c1-20-13-11-15(21-2)17(16(12-13)22-3)14(19)7-6-10-18-8-4-5-9-18;/h11-12H,4-10H2,1-3H3;1H. The third kappa shape index (κ3) is 5.01. The van der Waals surface area contributed by atoms with Crippen LogP contribution in [0.5, 0.6) is 17.2 Å². The maximum atomic E-state index is 12.6. The largest absolute Gasteiger partial charge is 0.496 e. The second-order valence-corrected chi connectivity index (χ2v) is 5.48. The van der Waals surface area contributed by atoms with Crippen LogP contribution in [0.15, 0.2) is 12.1 Å². The van der Waals surface area contributed by atoms with Crippen LogP contribution in [-0.2, 0) is 0 Å². The van der Waals surface area contributed by atoms with Crippen LogP contribution in [0.25, 0.3) is 0 Å². The minimum atomic E-state index is 0. The number of methoxy groups -OCH3 is 3. The number of hydrogen-bond donors (Lipinski definition) is 0. The number of halogens is 1. The number of Topliss-reactive ketones (excluding diaryl/α,β-unsaturated/α-hetero) is 1. The van der Waals surface area contributed by atoms with E-state index < -0.39 is 0 Å². The number of likely N-dealkylation sites (tertiary alicyclic amines) is 1. The van der Waals surface area contributed by atoms with Crippen molar-refractivity contribution in [1.29, 1.82) is 0 Å². The Morgan fingerprint density at radius 3 is 2.09 bits per heavy atom. The van der Waals surface area contributed by atoms with Crippen LogP contribution in [0.1, 0.15) is 36.0 Å². The zero-order valence-electron chi connectivity index (χ0n) is 14.1. The van der Waals surface area contributed by atoms with Gasteiger partial charge in [-0.05, 0) is 38.9 Å². The average Bonchev–Trinajstić information content (AvgIpc) is 3.06. The molecule has 0 unspecified atom stereocenters. The molecule has 1 aliphatic rings. The predicted octanol–water partition coefficient (Wildman–Crippen LogP) is 3.19. The number of carbonyl (C=O) groups excluding carboxylic acids is 1. The molecule has 0 aromatic heterocycles. The van der Waals surface area contributed by atoms with Gasteiger partial charge in [-0.15, -0.1) is 12.4 Å². The number of hydrogen-bond acceptors (Lipinski definition) is 5. The predicted molar refractivity (Wildman–Crippen MR) is 92.6 cm³/mol. The number of nitrogens with zero attached hydrogens (tertiary/aromatic N) is 1. The van der Waals surface area contributed by atoms with E-state index in [1.807, 2.05) is 0 Å². The lowest BCUT2D eigenvalue weighted by molar-refractivity contribution is 0.0970. The number of carbonyl (C=O) groups is 1. The number of ether oxygens (including phenoxy) is 3. The fourth-order valence-corrected chi connectivity index (χ4v) is 2.87. The summed E-state index contributed by atoms with van der Waals surface area (Å²) in [7, 11) is 4.68. The van der Waals surface area contributed by atoms with Crippen molar-refractivity contribution in [3.05, 3.63) is 17.7 Å². The van der Waals surface area contributed by atoms with Crippen LogP contribution < -0.4 is 14.2 Å². The molecule has 0 spiro atoms. The molecule has 130 valence electrons. The molecule has 1 aliphatic heterocycles. The smallest absolute Gasteiger partial charge is 0.170 e. The van der Waals surface area contributed by atoms with Crippen molar-refractivity contribution in [2.45, 2.75) is 25.7 Å². The molecule has 1 saturated heterocycles. The van der Waals surface area contributed by atoms with Gasteiger partial charge >= 0.3 is 0 Å². The van der Waals surface area contributed by atoms with E-state index >= 15 is 0 Å². The Hall–Kier alpha value is -1.46. The summed E-state index contributed by atoms with van der Waals surface area (Å²) in [6.45, 7) is 3.29. The first kappa shape index (κ1) is 19.6. The van der Waals surface area contributed by atoms with Crippen molar-refractivity contribution in [1.82, 2.24) is 4.90 Å². The Morgan fingerprint density at radius 2 is 1.61 bits per heavy atom. The highest BCUT2D eigenvalue weighted by atomic mass is 35.5. The first-order chi connectivity index (χ1) is 10.7. The molecule has 0 N–H and O–H groups in total. The highest BCUT2D eigenvalue weighted by Gasteiger charge is 2.20. The normalized spacial score (nSPS) is 14.2. The molecule has 1 heterocycles. The van der Waals surface area contributed by atoms with E-state index in [-0.39, 0.29) is 18.2 Å². The molecule has 0 amide bonds. The fraction of sp³-hybridized carbons (Fsp3) is 0.588. The van der Waals surface area contributed by atoms with Crippen LogP contribution in [-0.4, -0.2) is 51.6 Å². The van der Waals surface area contributed by atoms with E-state index in [9.17, 15) is 4.79 Å². The summed E-state index contributed by atoms with van der Waals surface area (Å²) in [6, 6.07) is 3.44. The molecule has 0 radical (unpaired) electrons. The van der Waals surface area contributed by atoms with Crippen LogP contribution in [0.3, 0.4) is 0 Å². The topological polar surface area (TPSA) is 48.0 Å². The molecule has 1 fully saturated rings. The summed E-state index contributed by atoms with van der Waals surface area (Å²) < 4.78 is 15.9. The van der Waals surface area contributed by atoms with Crippen LogP contribution >= 0.6 is 12.4 Å². The van der Waals surface area contributed by atoms with Crippen LogP contribution in [0.2, 0.25) is 0 Å². The van der Waals surface area contributed by atoms with Gasteiger partial charge in [0.1, 0.15) is 22.8 Å². The van der Waals surface area contributed by atoms with Gasteiger partial charge in [0.15, 0.2) is 5.78 Å². The summed E-state index contributed by atoms with van der Waals surface area (Å²) in [5.74, 6) is 1.67. The van der Waals surface area contributed by atoms with E-state index in [4.69, 9.17) is 14.2 Å². The zero-order chi connectivity index (χ0) is 15.9. The van der Waals surface area contributed by atoms with Gasteiger partial charge in [-0.3, -0.25) is 4.79 Å². The third-order valence-corrected chi connectivity index (χ3v) is 4.07. The molecule has 2 rings (SSSR count). The minimum Gasteiger partial charge on any atom is -0.496 e. The van der Waals surface area contributed by atoms with Crippen molar-refractivity contribution in [3.8, 4) is 17.2 Å². The van der Waals surface area contributed by atoms with Crippen molar-refractivity contribution < 1.29 is 19.0 Å². The van der Waals surface area contributed by atoms with Gasteiger partial charge in [0.25, 0.3) is 0 Å². The van der Waals surface area contributed by atoms with Gasteiger partial charge in [-0.2, -0.15) is 0 Å². The Morgan fingerprint density at radius 1 is 1.04 bits per heavy atom.